The Bertz CT molecular complexity index is 551. The maximum absolute atomic E-state index is 13.2. The van der Waals surface area contributed by atoms with E-state index in [4.69, 9.17) is 0 Å². The van der Waals surface area contributed by atoms with Crippen molar-refractivity contribution in [3.05, 3.63) is 29.8 Å². The SMILES string of the molecule is CCNc1nnc(-c2ccc(F)c(F)c2)n1CC. The molecule has 2 aromatic rings. The van der Waals surface area contributed by atoms with Crippen LogP contribution in [0.25, 0.3) is 11.4 Å². The molecule has 0 aliphatic heterocycles. The summed E-state index contributed by atoms with van der Waals surface area (Å²) < 4.78 is 27.9. The molecule has 1 aromatic heterocycles. The first-order chi connectivity index (χ1) is 8.67. The van der Waals surface area contributed by atoms with Gasteiger partial charge in [0.2, 0.25) is 5.95 Å². The van der Waals surface area contributed by atoms with Crippen LogP contribution in [-0.4, -0.2) is 21.3 Å². The van der Waals surface area contributed by atoms with E-state index >= 15 is 0 Å². The zero-order chi connectivity index (χ0) is 13.1. The summed E-state index contributed by atoms with van der Waals surface area (Å²) in [7, 11) is 0. The molecular weight excluding hydrogens is 238 g/mol. The maximum atomic E-state index is 13.2. The molecule has 0 amide bonds. The van der Waals surface area contributed by atoms with Crippen LogP contribution in [0.15, 0.2) is 18.2 Å². The first-order valence-electron chi connectivity index (χ1n) is 5.79. The Morgan fingerprint density at radius 3 is 2.56 bits per heavy atom. The van der Waals surface area contributed by atoms with Crippen molar-refractivity contribution >= 4 is 5.95 Å². The van der Waals surface area contributed by atoms with Crippen LogP contribution in [0.5, 0.6) is 0 Å². The van der Waals surface area contributed by atoms with Gasteiger partial charge in [0.25, 0.3) is 0 Å². The lowest BCUT2D eigenvalue weighted by molar-refractivity contribution is 0.509. The van der Waals surface area contributed by atoms with Gasteiger partial charge < -0.3 is 5.32 Å². The molecule has 96 valence electrons. The summed E-state index contributed by atoms with van der Waals surface area (Å²) in [5.74, 6) is -0.608. The predicted octanol–water partition coefficient (Wildman–Crippen LogP) is 2.68. The fourth-order valence-corrected chi connectivity index (χ4v) is 1.74. The third kappa shape index (κ3) is 2.18. The summed E-state index contributed by atoms with van der Waals surface area (Å²) >= 11 is 0. The van der Waals surface area contributed by atoms with Crippen LogP contribution in [0.4, 0.5) is 14.7 Å². The zero-order valence-electron chi connectivity index (χ0n) is 10.2. The number of anilines is 1. The van der Waals surface area contributed by atoms with Gasteiger partial charge in [0.05, 0.1) is 0 Å². The third-order valence-electron chi connectivity index (χ3n) is 2.58. The maximum Gasteiger partial charge on any atom is 0.224 e. The molecule has 4 nitrogen and oxygen atoms in total. The first-order valence-corrected chi connectivity index (χ1v) is 5.79. The van der Waals surface area contributed by atoms with E-state index in [9.17, 15) is 8.78 Å². The number of aromatic nitrogens is 3. The van der Waals surface area contributed by atoms with Crippen LogP contribution in [-0.2, 0) is 6.54 Å². The smallest absolute Gasteiger partial charge is 0.224 e. The van der Waals surface area contributed by atoms with Crippen molar-refractivity contribution in [3.8, 4) is 11.4 Å². The number of benzene rings is 1. The van der Waals surface area contributed by atoms with Crippen LogP contribution in [0, 0.1) is 11.6 Å². The topological polar surface area (TPSA) is 42.7 Å². The number of nitrogens with one attached hydrogen (secondary N) is 1. The second kappa shape index (κ2) is 5.12. The molecule has 0 spiro atoms. The molecule has 0 aliphatic carbocycles. The molecule has 0 fully saturated rings. The fraction of sp³-hybridized carbons (Fsp3) is 0.333. The van der Waals surface area contributed by atoms with Gasteiger partial charge in [-0.05, 0) is 32.0 Å². The predicted molar refractivity (Wildman–Crippen MR) is 65.2 cm³/mol. The Balaban J connectivity index is 2.46. The lowest BCUT2D eigenvalue weighted by Gasteiger charge is -2.08. The summed E-state index contributed by atoms with van der Waals surface area (Å²) in [6.45, 7) is 5.25. The largest absolute Gasteiger partial charge is 0.355 e. The van der Waals surface area contributed by atoms with Gasteiger partial charge in [-0.25, -0.2) is 8.78 Å². The second-order valence-corrected chi connectivity index (χ2v) is 3.75. The van der Waals surface area contributed by atoms with Crippen molar-refractivity contribution in [3.63, 3.8) is 0 Å². The second-order valence-electron chi connectivity index (χ2n) is 3.75. The summed E-state index contributed by atoms with van der Waals surface area (Å²) in [6, 6.07) is 3.71. The van der Waals surface area contributed by atoms with Crippen LogP contribution < -0.4 is 5.32 Å². The van der Waals surface area contributed by atoms with Crippen molar-refractivity contribution in [2.24, 2.45) is 0 Å². The molecule has 2 rings (SSSR count). The number of rotatable bonds is 4. The highest BCUT2D eigenvalue weighted by Gasteiger charge is 2.13. The molecule has 18 heavy (non-hydrogen) atoms. The van der Waals surface area contributed by atoms with E-state index in [0.29, 0.717) is 23.9 Å². The third-order valence-corrected chi connectivity index (χ3v) is 2.58. The highest BCUT2D eigenvalue weighted by atomic mass is 19.2. The summed E-state index contributed by atoms with van der Waals surface area (Å²) in [5.41, 5.74) is 0.507. The monoisotopic (exact) mass is 252 g/mol. The molecular formula is C12H14F2N4. The summed E-state index contributed by atoms with van der Waals surface area (Å²) in [6.07, 6.45) is 0. The molecule has 0 atom stereocenters. The number of hydrogen-bond acceptors (Lipinski definition) is 3. The fourth-order valence-electron chi connectivity index (χ4n) is 1.74. The summed E-state index contributed by atoms with van der Waals surface area (Å²) in [5, 5.41) is 11.1. The minimum Gasteiger partial charge on any atom is -0.355 e. The minimum absolute atomic E-state index is 0.507. The summed E-state index contributed by atoms with van der Waals surface area (Å²) in [4.78, 5) is 0. The highest BCUT2D eigenvalue weighted by Crippen LogP contribution is 2.22. The molecule has 0 radical (unpaired) electrons. The Labute approximate surface area is 104 Å². The van der Waals surface area contributed by atoms with Crippen molar-refractivity contribution < 1.29 is 8.78 Å². The number of hydrogen-bond donors (Lipinski definition) is 1. The lowest BCUT2D eigenvalue weighted by atomic mass is 10.2. The van der Waals surface area contributed by atoms with Crippen molar-refractivity contribution in [1.29, 1.82) is 0 Å². The molecule has 1 heterocycles. The molecule has 1 aromatic carbocycles. The quantitative estimate of drug-likeness (QED) is 0.909. The van der Waals surface area contributed by atoms with Crippen LogP contribution in [0.3, 0.4) is 0 Å². The Hall–Kier alpha value is -1.98. The van der Waals surface area contributed by atoms with Gasteiger partial charge in [0.1, 0.15) is 0 Å². The molecule has 0 bridgehead atoms. The van der Waals surface area contributed by atoms with Gasteiger partial charge in [-0.15, -0.1) is 10.2 Å². The van der Waals surface area contributed by atoms with Gasteiger partial charge in [0, 0.05) is 18.7 Å². The van der Waals surface area contributed by atoms with Gasteiger partial charge in [-0.1, -0.05) is 0 Å². The average Bonchev–Trinajstić information content (AvgIpc) is 2.76. The van der Waals surface area contributed by atoms with Gasteiger partial charge in [0.15, 0.2) is 17.5 Å². The molecule has 0 saturated heterocycles. The van der Waals surface area contributed by atoms with E-state index < -0.39 is 11.6 Å². The first kappa shape index (κ1) is 12.5. The zero-order valence-corrected chi connectivity index (χ0v) is 10.2. The van der Waals surface area contributed by atoms with E-state index in [1.165, 1.54) is 6.07 Å². The Morgan fingerprint density at radius 2 is 1.94 bits per heavy atom. The van der Waals surface area contributed by atoms with E-state index in [1.54, 1.807) is 0 Å². The Kier molecular flexibility index (Phi) is 3.55. The van der Waals surface area contributed by atoms with Crippen molar-refractivity contribution in [2.75, 3.05) is 11.9 Å². The van der Waals surface area contributed by atoms with Crippen LogP contribution in [0.1, 0.15) is 13.8 Å². The molecule has 0 saturated carbocycles. The Morgan fingerprint density at radius 1 is 1.17 bits per heavy atom. The minimum atomic E-state index is -0.886. The molecule has 1 N–H and O–H groups in total. The van der Waals surface area contributed by atoms with E-state index in [0.717, 1.165) is 18.7 Å². The molecule has 0 aliphatic rings. The van der Waals surface area contributed by atoms with Gasteiger partial charge in [-0.3, -0.25) is 4.57 Å². The van der Waals surface area contributed by atoms with Crippen LogP contribution >= 0.6 is 0 Å². The average molecular weight is 252 g/mol. The van der Waals surface area contributed by atoms with E-state index in [1.807, 2.05) is 18.4 Å². The highest BCUT2D eigenvalue weighted by molar-refractivity contribution is 5.57. The van der Waals surface area contributed by atoms with Crippen molar-refractivity contribution in [2.45, 2.75) is 20.4 Å². The standard InChI is InChI=1S/C12H14F2N4/c1-3-15-12-17-16-11(18(12)4-2)8-5-6-9(13)10(14)7-8/h5-7H,3-4H2,1-2H3,(H,15,17). The van der Waals surface area contributed by atoms with Crippen LogP contribution in [0.2, 0.25) is 0 Å². The normalized spacial score (nSPS) is 10.7. The number of nitrogens with zero attached hydrogens (tertiary/aromatic N) is 3. The molecule has 0 unspecified atom stereocenters. The van der Waals surface area contributed by atoms with Gasteiger partial charge >= 0.3 is 0 Å². The van der Waals surface area contributed by atoms with E-state index in [2.05, 4.69) is 15.5 Å². The lowest BCUT2D eigenvalue weighted by Crippen LogP contribution is -2.07. The number of halogens is 2. The molecule has 6 heteroatoms. The van der Waals surface area contributed by atoms with E-state index in [-0.39, 0.29) is 0 Å². The van der Waals surface area contributed by atoms with Crippen molar-refractivity contribution in [1.82, 2.24) is 14.8 Å². The van der Waals surface area contributed by atoms with Gasteiger partial charge in [-0.2, -0.15) is 0 Å².